The first kappa shape index (κ1) is 48.1. The highest BCUT2D eigenvalue weighted by molar-refractivity contribution is 7.92. The van der Waals surface area contributed by atoms with Gasteiger partial charge in [0.05, 0.1) is 22.9 Å². The number of carbonyl (C=O) groups is 1. The number of ether oxygens (including phenoxy) is 2. The van der Waals surface area contributed by atoms with E-state index in [1.165, 1.54) is 58.8 Å². The van der Waals surface area contributed by atoms with Crippen LogP contribution < -0.4 is 25.1 Å². The second-order valence-corrected chi connectivity index (χ2v) is 20.6. The zero-order valence-electron chi connectivity index (χ0n) is 39.6. The molecule has 2 unspecified atom stereocenters. The number of hydrogen-bond donors (Lipinski definition) is 5. The minimum Gasteiger partial charge on any atom is -0.507 e. The van der Waals surface area contributed by atoms with Gasteiger partial charge in [0.1, 0.15) is 28.9 Å². The van der Waals surface area contributed by atoms with Gasteiger partial charge in [-0.25, -0.2) is 13.1 Å². The molecular formula is C53H57N7O8S. The van der Waals surface area contributed by atoms with Crippen LogP contribution in [0.15, 0.2) is 117 Å². The van der Waals surface area contributed by atoms with Crippen LogP contribution in [-0.4, -0.2) is 47.5 Å². The average molecular weight is 952 g/mol. The van der Waals surface area contributed by atoms with E-state index in [1.54, 1.807) is 30.3 Å². The van der Waals surface area contributed by atoms with Crippen molar-refractivity contribution in [1.29, 1.82) is 5.26 Å². The van der Waals surface area contributed by atoms with Crippen molar-refractivity contribution < 1.29 is 32.9 Å². The van der Waals surface area contributed by atoms with Crippen LogP contribution in [0.25, 0.3) is 5.69 Å². The van der Waals surface area contributed by atoms with Gasteiger partial charge in [-0.15, -0.1) is 5.11 Å². The number of aromatic hydroxyl groups is 2. The molecule has 0 spiro atoms. The summed E-state index contributed by atoms with van der Waals surface area (Å²) in [6.07, 6.45) is 4.87. The van der Waals surface area contributed by atoms with Gasteiger partial charge in [-0.05, 0) is 133 Å². The molecule has 6 aromatic rings. The maximum atomic E-state index is 14.0. The van der Waals surface area contributed by atoms with E-state index < -0.39 is 21.5 Å². The molecule has 1 fully saturated rings. The first-order chi connectivity index (χ1) is 33.0. The van der Waals surface area contributed by atoms with Gasteiger partial charge in [-0.1, -0.05) is 71.9 Å². The lowest BCUT2D eigenvalue weighted by Gasteiger charge is -2.30. The standard InChI is InChI=1S/C53H57N7O8S/c1-7-52(3,4)34-17-26-42(40(30-34)53(5,6)8-2)67-28-12-27-55-50(63)45-47(61)43-32-15-16-33(29-32)44(43)48(62)49(45)68-38-22-18-36(19-23-38)59-69(65,66)39-24-20-35(21-25-39)56-57-46-41(31-54)58-60(51(46)64)37-13-10-9-11-14-37/h9-11,13-14,17-26,30,32-33,58-59,61-62H,7-8,12,15-16,27-29H2,1-6H3,(H,55,63). The zero-order chi connectivity index (χ0) is 49.3. The van der Waals surface area contributed by atoms with Crippen LogP contribution in [0.1, 0.15) is 130 Å². The van der Waals surface area contributed by atoms with E-state index in [1.807, 2.05) is 12.1 Å². The number of phenols is 2. The summed E-state index contributed by atoms with van der Waals surface area (Å²) < 4.78 is 43.1. The highest BCUT2D eigenvalue weighted by Crippen LogP contribution is 2.62. The second kappa shape index (κ2) is 19.3. The third-order valence-corrected chi connectivity index (χ3v) is 15.2. The molecule has 1 aromatic heterocycles. The molecule has 1 amide bonds. The summed E-state index contributed by atoms with van der Waals surface area (Å²) in [5.41, 5.74) is 3.42. The van der Waals surface area contributed by atoms with Crippen LogP contribution in [0.5, 0.6) is 28.7 Å². The van der Waals surface area contributed by atoms with Gasteiger partial charge in [0, 0.05) is 28.9 Å². The molecule has 2 bridgehead atoms. The maximum absolute atomic E-state index is 14.0. The number of amides is 1. The fraction of sp³-hybridized carbons (Fsp3) is 0.340. The van der Waals surface area contributed by atoms with Crippen molar-refractivity contribution in [3.63, 3.8) is 0 Å². The van der Waals surface area contributed by atoms with Crippen molar-refractivity contribution in [3.05, 3.63) is 141 Å². The first-order valence-corrected chi connectivity index (χ1v) is 24.7. The number of azo groups is 1. The Bertz CT molecular complexity index is 3140. The predicted molar refractivity (Wildman–Crippen MR) is 264 cm³/mol. The second-order valence-electron chi connectivity index (χ2n) is 18.9. The number of phenolic OH excluding ortho intramolecular Hbond substituents is 2. The number of sulfonamides is 1. The molecule has 1 heterocycles. The number of carbonyl (C=O) groups excluding carboxylic acids is 1. The van der Waals surface area contributed by atoms with E-state index in [9.17, 15) is 33.5 Å². The third kappa shape index (κ3) is 9.69. The molecule has 15 nitrogen and oxygen atoms in total. The number of aromatic nitrogens is 2. The summed E-state index contributed by atoms with van der Waals surface area (Å²) in [6.45, 7) is 13.8. The summed E-state index contributed by atoms with van der Waals surface area (Å²) >= 11 is 0. The minimum atomic E-state index is -4.10. The normalized spacial score (nSPS) is 15.5. The molecule has 69 heavy (non-hydrogen) atoms. The van der Waals surface area contributed by atoms with Crippen molar-refractivity contribution in [3.8, 4) is 40.5 Å². The Kier molecular flexibility index (Phi) is 13.5. The third-order valence-electron chi connectivity index (χ3n) is 13.8. The highest BCUT2D eigenvalue weighted by atomic mass is 32.2. The fourth-order valence-corrected chi connectivity index (χ4v) is 10.1. The Morgan fingerprint density at radius 2 is 1.55 bits per heavy atom. The van der Waals surface area contributed by atoms with Crippen molar-refractivity contribution in [2.24, 2.45) is 10.2 Å². The number of hydrogen-bond acceptors (Lipinski definition) is 11. The molecule has 2 aliphatic rings. The molecule has 8 rings (SSSR count). The van der Waals surface area contributed by atoms with E-state index in [0.717, 1.165) is 43.4 Å². The lowest BCUT2D eigenvalue weighted by atomic mass is 9.76. The molecular weight excluding hydrogens is 895 g/mol. The molecule has 358 valence electrons. The largest absolute Gasteiger partial charge is 0.507 e. The number of benzene rings is 5. The topological polar surface area (TPSA) is 220 Å². The Balaban J connectivity index is 0.940. The smallest absolute Gasteiger partial charge is 0.300 e. The molecule has 2 aliphatic carbocycles. The Morgan fingerprint density at radius 1 is 0.884 bits per heavy atom. The van der Waals surface area contributed by atoms with Crippen LogP contribution in [0.2, 0.25) is 0 Å². The number of fused-ring (bicyclic) bond motifs is 5. The van der Waals surface area contributed by atoms with Gasteiger partial charge < -0.3 is 25.0 Å². The van der Waals surface area contributed by atoms with Crippen LogP contribution in [0.4, 0.5) is 17.1 Å². The summed E-state index contributed by atoms with van der Waals surface area (Å²) in [6, 6.07) is 28.4. The molecule has 2 atom stereocenters. The number of anilines is 1. The predicted octanol–water partition coefficient (Wildman–Crippen LogP) is 11.4. The Morgan fingerprint density at radius 3 is 2.20 bits per heavy atom. The highest BCUT2D eigenvalue weighted by Gasteiger charge is 2.44. The zero-order valence-corrected chi connectivity index (χ0v) is 40.4. The number of nitriles is 1. The monoisotopic (exact) mass is 951 g/mol. The van der Waals surface area contributed by atoms with Crippen LogP contribution >= 0.6 is 0 Å². The van der Waals surface area contributed by atoms with Gasteiger partial charge >= 0.3 is 0 Å². The van der Waals surface area contributed by atoms with E-state index in [4.69, 9.17) is 9.47 Å². The number of H-pyrrole nitrogens is 1. The quantitative estimate of drug-likeness (QED) is 0.0314. The van der Waals surface area contributed by atoms with Crippen LogP contribution in [0.3, 0.4) is 0 Å². The maximum Gasteiger partial charge on any atom is 0.300 e. The fourth-order valence-electron chi connectivity index (χ4n) is 9.01. The Hall–Kier alpha value is -7.38. The van der Waals surface area contributed by atoms with Gasteiger partial charge in [0.2, 0.25) is 0 Å². The molecule has 0 aliphatic heterocycles. The van der Waals surface area contributed by atoms with E-state index in [-0.39, 0.29) is 85.4 Å². The van der Waals surface area contributed by atoms with E-state index in [2.05, 4.69) is 79.0 Å². The van der Waals surface area contributed by atoms with Gasteiger partial charge in [-0.3, -0.25) is 19.4 Å². The number of nitrogens with one attached hydrogen (secondary N) is 3. The van der Waals surface area contributed by atoms with Gasteiger partial charge in [-0.2, -0.15) is 10.4 Å². The number of nitrogens with zero attached hydrogens (tertiary/aromatic N) is 4. The summed E-state index contributed by atoms with van der Waals surface area (Å²) in [5, 5.41) is 46.7. The van der Waals surface area contributed by atoms with Gasteiger partial charge in [0.15, 0.2) is 22.9 Å². The SMILES string of the molecule is CCC(C)(C)c1ccc(OCCCNC(=O)c2c(O)c3c(c(O)c2Oc2ccc(NS(=O)(=O)c4ccc(N=Nc5c(C#N)[nH]n(-c6ccccc6)c5=O)cc4)cc2)C2CCC3C2)c(C(C)(C)CC)c1. The lowest BCUT2D eigenvalue weighted by Crippen LogP contribution is -2.27. The number of aromatic amines is 1. The molecule has 16 heteroatoms. The summed E-state index contributed by atoms with van der Waals surface area (Å²) in [4.78, 5) is 26.9. The Labute approximate surface area is 401 Å². The molecule has 0 radical (unpaired) electrons. The van der Waals surface area contributed by atoms with E-state index in [0.29, 0.717) is 29.8 Å². The summed E-state index contributed by atoms with van der Waals surface area (Å²) in [7, 11) is -4.10. The van der Waals surface area contributed by atoms with Crippen molar-refractivity contribution in [2.45, 2.75) is 108 Å². The van der Waals surface area contributed by atoms with Gasteiger partial charge in [0.25, 0.3) is 21.5 Å². The average Bonchev–Trinajstić information content (AvgIpc) is 4.07. The summed E-state index contributed by atoms with van der Waals surface area (Å²) in [5.74, 6) is -0.143. The van der Waals surface area contributed by atoms with Crippen LogP contribution in [0, 0.1) is 11.3 Å². The van der Waals surface area contributed by atoms with Crippen LogP contribution in [-0.2, 0) is 20.9 Å². The molecule has 5 aromatic carbocycles. The molecule has 0 saturated heterocycles. The van der Waals surface area contributed by atoms with Crippen molar-refractivity contribution in [2.75, 3.05) is 17.9 Å². The molecule has 1 saturated carbocycles. The first-order valence-electron chi connectivity index (χ1n) is 23.3. The van der Waals surface area contributed by atoms with E-state index >= 15 is 0 Å². The number of para-hydroxylation sites is 1. The van der Waals surface area contributed by atoms with Crippen molar-refractivity contribution in [1.82, 2.24) is 15.1 Å². The number of rotatable bonds is 18. The van der Waals surface area contributed by atoms with Crippen molar-refractivity contribution >= 4 is 33.0 Å². The lowest BCUT2D eigenvalue weighted by molar-refractivity contribution is 0.0945. The molecule has 5 N–H and O–H groups in total. The minimum absolute atomic E-state index is 0.0224.